The predicted molar refractivity (Wildman–Crippen MR) is 97.0 cm³/mol. The maximum Gasteiger partial charge on any atom is 0.315 e. The molecule has 25 heavy (non-hydrogen) atoms. The lowest BCUT2D eigenvalue weighted by atomic mass is 9.82. The van der Waals surface area contributed by atoms with Gasteiger partial charge in [-0.05, 0) is 23.1 Å². The Morgan fingerprint density at radius 3 is 2.52 bits per heavy atom. The van der Waals surface area contributed by atoms with Gasteiger partial charge in [0.25, 0.3) is 0 Å². The van der Waals surface area contributed by atoms with Crippen molar-refractivity contribution in [2.45, 2.75) is 33.4 Å². The van der Waals surface area contributed by atoms with E-state index in [1.165, 1.54) is 0 Å². The Morgan fingerprint density at radius 1 is 1.08 bits per heavy atom. The molecule has 2 heterocycles. The predicted octanol–water partition coefficient (Wildman–Crippen LogP) is 3.32. The lowest BCUT2D eigenvalue weighted by Gasteiger charge is -2.32. The standard InChI is InChI=1S/C19H23N5O/c1-19(2,3)17(14-9-5-4-6-10-14)21-18(25)20-13-16-23-22-15-11-7-8-12-24(15)16/h4-12,17H,13H2,1-3H3,(H2,20,21,25)/t17-/m0/s1. The van der Waals surface area contributed by atoms with Crippen molar-refractivity contribution in [3.8, 4) is 0 Å². The average Bonchev–Trinajstić information content (AvgIpc) is 3.01. The molecule has 0 aliphatic heterocycles. The summed E-state index contributed by atoms with van der Waals surface area (Å²) in [7, 11) is 0. The molecule has 0 spiro atoms. The largest absolute Gasteiger partial charge is 0.331 e. The van der Waals surface area contributed by atoms with Gasteiger partial charge in [-0.3, -0.25) is 4.40 Å². The van der Waals surface area contributed by atoms with Gasteiger partial charge in [0.2, 0.25) is 0 Å². The van der Waals surface area contributed by atoms with Crippen LogP contribution in [0.1, 0.15) is 38.2 Å². The Hall–Kier alpha value is -2.89. The molecule has 2 amide bonds. The highest BCUT2D eigenvalue weighted by Crippen LogP contribution is 2.32. The van der Waals surface area contributed by atoms with Gasteiger partial charge in [0, 0.05) is 6.20 Å². The van der Waals surface area contributed by atoms with Gasteiger partial charge in [-0.15, -0.1) is 10.2 Å². The maximum absolute atomic E-state index is 12.4. The molecule has 130 valence electrons. The second-order valence-corrected chi connectivity index (χ2v) is 7.08. The second kappa shape index (κ2) is 6.93. The molecule has 3 rings (SSSR count). The molecule has 1 atom stereocenters. The number of pyridine rings is 1. The smallest absolute Gasteiger partial charge is 0.315 e. The summed E-state index contributed by atoms with van der Waals surface area (Å²) in [6.45, 7) is 6.63. The summed E-state index contributed by atoms with van der Waals surface area (Å²) in [6, 6.07) is 15.4. The van der Waals surface area contributed by atoms with E-state index in [4.69, 9.17) is 0 Å². The van der Waals surface area contributed by atoms with Crippen LogP contribution >= 0.6 is 0 Å². The van der Waals surface area contributed by atoms with Crippen LogP contribution in [0.25, 0.3) is 5.65 Å². The van der Waals surface area contributed by atoms with Crippen molar-refractivity contribution in [3.05, 3.63) is 66.1 Å². The van der Waals surface area contributed by atoms with Crippen LogP contribution in [0.3, 0.4) is 0 Å². The summed E-state index contributed by atoms with van der Waals surface area (Å²) in [6.07, 6.45) is 1.88. The SMILES string of the molecule is CC(C)(C)[C@@H](NC(=O)NCc1nnc2ccccn12)c1ccccc1. The van der Waals surface area contributed by atoms with E-state index < -0.39 is 0 Å². The Labute approximate surface area is 147 Å². The minimum absolute atomic E-state index is 0.0937. The number of hydrogen-bond donors (Lipinski definition) is 2. The molecule has 0 aliphatic carbocycles. The van der Waals surface area contributed by atoms with E-state index in [2.05, 4.69) is 41.6 Å². The van der Waals surface area contributed by atoms with Crippen LogP contribution in [-0.4, -0.2) is 20.6 Å². The van der Waals surface area contributed by atoms with Crippen LogP contribution in [0.15, 0.2) is 54.7 Å². The second-order valence-electron chi connectivity index (χ2n) is 7.08. The van der Waals surface area contributed by atoms with Crippen LogP contribution < -0.4 is 10.6 Å². The third kappa shape index (κ3) is 3.96. The van der Waals surface area contributed by atoms with Crippen molar-refractivity contribution in [1.29, 1.82) is 0 Å². The number of benzene rings is 1. The molecule has 3 aromatic rings. The van der Waals surface area contributed by atoms with E-state index >= 15 is 0 Å². The summed E-state index contributed by atoms with van der Waals surface area (Å²) >= 11 is 0. The molecule has 0 radical (unpaired) electrons. The van der Waals surface area contributed by atoms with Crippen molar-refractivity contribution in [2.24, 2.45) is 5.41 Å². The number of carbonyl (C=O) groups excluding carboxylic acids is 1. The van der Waals surface area contributed by atoms with Gasteiger partial charge in [-0.2, -0.15) is 0 Å². The normalized spacial score (nSPS) is 12.8. The van der Waals surface area contributed by atoms with Gasteiger partial charge < -0.3 is 10.6 Å². The van der Waals surface area contributed by atoms with Gasteiger partial charge in [-0.1, -0.05) is 57.2 Å². The fourth-order valence-electron chi connectivity index (χ4n) is 2.80. The third-order valence-electron chi connectivity index (χ3n) is 4.07. The van der Waals surface area contributed by atoms with Crippen LogP contribution in [-0.2, 0) is 6.54 Å². The molecule has 0 unspecified atom stereocenters. The first-order chi connectivity index (χ1) is 11.9. The fourth-order valence-corrected chi connectivity index (χ4v) is 2.80. The first kappa shape index (κ1) is 17.0. The number of urea groups is 1. The van der Waals surface area contributed by atoms with Crippen molar-refractivity contribution in [3.63, 3.8) is 0 Å². The topological polar surface area (TPSA) is 71.3 Å². The number of rotatable bonds is 4. The Kier molecular flexibility index (Phi) is 4.70. The molecule has 2 N–H and O–H groups in total. The van der Waals surface area contributed by atoms with Gasteiger partial charge in [0.1, 0.15) is 0 Å². The monoisotopic (exact) mass is 337 g/mol. The molecular weight excluding hydrogens is 314 g/mol. The van der Waals surface area contributed by atoms with E-state index in [1.54, 1.807) is 0 Å². The number of hydrogen-bond acceptors (Lipinski definition) is 3. The zero-order valence-corrected chi connectivity index (χ0v) is 14.7. The van der Waals surface area contributed by atoms with Gasteiger partial charge >= 0.3 is 6.03 Å². The van der Waals surface area contributed by atoms with Gasteiger partial charge in [-0.25, -0.2) is 4.79 Å². The summed E-state index contributed by atoms with van der Waals surface area (Å²) in [5.74, 6) is 0.692. The van der Waals surface area contributed by atoms with E-state index in [0.717, 1.165) is 11.2 Å². The zero-order chi connectivity index (χ0) is 17.9. The first-order valence-corrected chi connectivity index (χ1v) is 8.33. The lowest BCUT2D eigenvalue weighted by molar-refractivity contribution is 0.218. The molecule has 2 aromatic heterocycles. The Bertz CT molecular complexity index is 851. The molecular formula is C19H23N5O. The average molecular weight is 337 g/mol. The highest BCUT2D eigenvalue weighted by molar-refractivity contribution is 5.74. The number of nitrogens with one attached hydrogen (secondary N) is 2. The molecule has 1 aromatic carbocycles. The number of nitrogens with zero attached hydrogens (tertiary/aromatic N) is 3. The van der Waals surface area contributed by atoms with E-state index in [9.17, 15) is 4.79 Å². The van der Waals surface area contributed by atoms with E-state index in [1.807, 2.05) is 59.1 Å². The van der Waals surface area contributed by atoms with Crippen molar-refractivity contribution in [2.75, 3.05) is 0 Å². The minimum Gasteiger partial charge on any atom is -0.331 e. The number of fused-ring (bicyclic) bond motifs is 1. The lowest BCUT2D eigenvalue weighted by Crippen LogP contribution is -2.42. The minimum atomic E-state index is -0.226. The van der Waals surface area contributed by atoms with E-state index in [-0.39, 0.29) is 17.5 Å². The summed E-state index contributed by atoms with van der Waals surface area (Å²) in [5.41, 5.74) is 1.73. The quantitative estimate of drug-likeness (QED) is 0.767. The molecule has 0 bridgehead atoms. The van der Waals surface area contributed by atoms with Crippen LogP contribution in [0.4, 0.5) is 4.79 Å². The Morgan fingerprint density at radius 2 is 1.80 bits per heavy atom. The maximum atomic E-state index is 12.4. The molecule has 0 saturated heterocycles. The molecule has 6 nitrogen and oxygen atoms in total. The summed E-state index contributed by atoms with van der Waals surface area (Å²) in [4.78, 5) is 12.4. The number of aromatic nitrogens is 3. The number of carbonyl (C=O) groups is 1. The van der Waals surface area contributed by atoms with Crippen LogP contribution in [0.5, 0.6) is 0 Å². The van der Waals surface area contributed by atoms with Crippen molar-refractivity contribution >= 4 is 11.7 Å². The number of amides is 2. The van der Waals surface area contributed by atoms with E-state index in [0.29, 0.717) is 12.4 Å². The molecule has 0 saturated carbocycles. The summed E-state index contributed by atoms with van der Waals surface area (Å²) < 4.78 is 1.86. The Balaban J connectivity index is 1.68. The van der Waals surface area contributed by atoms with Gasteiger partial charge in [0.15, 0.2) is 11.5 Å². The highest BCUT2D eigenvalue weighted by atomic mass is 16.2. The molecule has 6 heteroatoms. The molecule has 0 aliphatic rings. The zero-order valence-electron chi connectivity index (χ0n) is 14.7. The third-order valence-corrected chi connectivity index (χ3v) is 4.07. The first-order valence-electron chi connectivity index (χ1n) is 8.33. The summed E-state index contributed by atoms with van der Waals surface area (Å²) in [5, 5.41) is 14.2. The van der Waals surface area contributed by atoms with Crippen LogP contribution in [0, 0.1) is 5.41 Å². The fraction of sp³-hybridized carbons (Fsp3) is 0.316. The van der Waals surface area contributed by atoms with Gasteiger partial charge in [0.05, 0.1) is 12.6 Å². The van der Waals surface area contributed by atoms with Crippen molar-refractivity contribution in [1.82, 2.24) is 25.2 Å². The highest BCUT2D eigenvalue weighted by Gasteiger charge is 2.27. The molecule has 0 fully saturated rings. The van der Waals surface area contributed by atoms with Crippen LogP contribution in [0.2, 0.25) is 0 Å². The van der Waals surface area contributed by atoms with Crippen molar-refractivity contribution < 1.29 is 4.79 Å².